The van der Waals surface area contributed by atoms with E-state index in [0.29, 0.717) is 32.5 Å². The van der Waals surface area contributed by atoms with E-state index in [9.17, 15) is 13.2 Å². The number of hydrogen-bond donors (Lipinski definition) is 2. The first-order valence-electron chi connectivity index (χ1n) is 6.53. The minimum Gasteiger partial charge on any atom is -0.369 e. The van der Waals surface area contributed by atoms with Crippen LogP contribution in [0.15, 0.2) is 29.2 Å². The lowest BCUT2D eigenvalue weighted by Gasteiger charge is -2.29. The Morgan fingerprint density at radius 3 is 2.50 bits per heavy atom. The number of nitrogens with zero attached hydrogens (tertiary/aromatic N) is 1. The van der Waals surface area contributed by atoms with Crippen LogP contribution in [0.25, 0.3) is 0 Å². The Morgan fingerprint density at radius 1 is 1.30 bits per heavy atom. The second kappa shape index (κ2) is 5.90. The summed E-state index contributed by atoms with van der Waals surface area (Å²) in [4.78, 5) is 11.4. The van der Waals surface area contributed by atoms with Crippen LogP contribution >= 0.6 is 0 Å². The molecule has 0 bridgehead atoms. The van der Waals surface area contributed by atoms with Crippen LogP contribution in [0.3, 0.4) is 0 Å². The molecule has 1 aliphatic rings. The molecule has 20 heavy (non-hydrogen) atoms. The third kappa shape index (κ3) is 3.00. The molecule has 2 rings (SSSR count). The monoisotopic (exact) mass is 297 g/mol. The second-order valence-corrected chi connectivity index (χ2v) is 6.87. The molecule has 0 unspecified atom stereocenters. The fraction of sp³-hybridized carbons (Fsp3) is 0.462. The van der Waals surface area contributed by atoms with Crippen LogP contribution in [-0.2, 0) is 21.4 Å². The van der Waals surface area contributed by atoms with Gasteiger partial charge in [0, 0.05) is 25.6 Å². The Kier molecular flexibility index (Phi) is 4.42. The van der Waals surface area contributed by atoms with Gasteiger partial charge >= 0.3 is 0 Å². The van der Waals surface area contributed by atoms with E-state index in [0.717, 1.165) is 5.56 Å². The van der Waals surface area contributed by atoms with Gasteiger partial charge in [0.15, 0.2) is 0 Å². The van der Waals surface area contributed by atoms with E-state index in [1.165, 1.54) is 4.31 Å². The maximum Gasteiger partial charge on any atom is 0.243 e. The van der Waals surface area contributed by atoms with Crippen molar-refractivity contribution in [3.63, 3.8) is 0 Å². The van der Waals surface area contributed by atoms with Crippen LogP contribution < -0.4 is 11.5 Å². The number of carbonyl (C=O) groups excluding carboxylic acids is 1. The molecule has 0 atom stereocenters. The SMILES string of the molecule is NCc1cccc(S(=O)(=O)N2CCC(C(N)=O)CC2)c1. The van der Waals surface area contributed by atoms with Crippen molar-refractivity contribution in [2.75, 3.05) is 13.1 Å². The van der Waals surface area contributed by atoms with Gasteiger partial charge in [0.2, 0.25) is 15.9 Å². The number of amides is 1. The maximum absolute atomic E-state index is 12.5. The van der Waals surface area contributed by atoms with Gasteiger partial charge < -0.3 is 11.5 Å². The molecule has 7 heteroatoms. The molecule has 6 nitrogen and oxygen atoms in total. The molecule has 0 saturated carbocycles. The summed E-state index contributed by atoms with van der Waals surface area (Å²) >= 11 is 0. The second-order valence-electron chi connectivity index (χ2n) is 4.93. The predicted octanol–water partition coefficient (Wildman–Crippen LogP) is 0.0313. The van der Waals surface area contributed by atoms with E-state index in [1.54, 1.807) is 24.3 Å². The van der Waals surface area contributed by atoms with E-state index in [4.69, 9.17) is 11.5 Å². The van der Waals surface area contributed by atoms with Gasteiger partial charge in [-0.1, -0.05) is 12.1 Å². The zero-order valence-electron chi connectivity index (χ0n) is 11.2. The highest BCUT2D eigenvalue weighted by Gasteiger charge is 2.31. The molecule has 0 spiro atoms. The van der Waals surface area contributed by atoms with Gasteiger partial charge in [0.25, 0.3) is 0 Å². The van der Waals surface area contributed by atoms with Gasteiger partial charge in [-0.05, 0) is 30.5 Å². The van der Waals surface area contributed by atoms with Crippen molar-refractivity contribution in [1.82, 2.24) is 4.31 Å². The minimum absolute atomic E-state index is 0.225. The van der Waals surface area contributed by atoms with Crippen LogP contribution in [0.4, 0.5) is 0 Å². The minimum atomic E-state index is -3.52. The molecule has 1 fully saturated rings. The topological polar surface area (TPSA) is 106 Å². The van der Waals surface area contributed by atoms with Crippen LogP contribution in [0.1, 0.15) is 18.4 Å². The van der Waals surface area contributed by atoms with Gasteiger partial charge in [-0.2, -0.15) is 4.31 Å². The zero-order chi connectivity index (χ0) is 14.8. The standard InChI is InChI=1S/C13H19N3O3S/c14-9-10-2-1-3-12(8-10)20(18,19)16-6-4-11(5-7-16)13(15)17/h1-3,8,11H,4-7,9,14H2,(H2,15,17). The smallest absolute Gasteiger partial charge is 0.243 e. The fourth-order valence-electron chi connectivity index (χ4n) is 2.36. The zero-order valence-corrected chi connectivity index (χ0v) is 12.0. The molecule has 0 aromatic heterocycles. The third-order valence-corrected chi connectivity index (χ3v) is 5.52. The molecule has 1 aromatic carbocycles. The molecule has 0 aliphatic carbocycles. The largest absolute Gasteiger partial charge is 0.369 e. The first kappa shape index (κ1) is 15.0. The summed E-state index contributed by atoms with van der Waals surface area (Å²) in [5.41, 5.74) is 11.6. The van der Waals surface area contributed by atoms with Gasteiger partial charge in [-0.15, -0.1) is 0 Å². The van der Waals surface area contributed by atoms with Gasteiger partial charge in [-0.3, -0.25) is 4.79 Å². The van der Waals surface area contributed by atoms with Crippen LogP contribution in [0.5, 0.6) is 0 Å². The molecule has 4 N–H and O–H groups in total. The number of benzene rings is 1. The number of nitrogens with two attached hydrogens (primary N) is 2. The number of piperidine rings is 1. The summed E-state index contributed by atoms with van der Waals surface area (Å²) < 4.78 is 26.4. The van der Waals surface area contributed by atoms with E-state index < -0.39 is 10.0 Å². The third-order valence-electron chi connectivity index (χ3n) is 3.63. The normalized spacial score (nSPS) is 18.1. The van der Waals surface area contributed by atoms with Crippen LogP contribution in [0.2, 0.25) is 0 Å². The summed E-state index contributed by atoms with van der Waals surface area (Å²) in [5, 5.41) is 0. The average Bonchev–Trinajstić information content (AvgIpc) is 2.47. The average molecular weight is 297 g/mol. The Bertz CT molecular complexity index is 593. The summed E-state index contributed by atoms with van der Waals surface area (Å²) in [6.07, 6.45) is 0.955. The summed E-state index contributed by atoms with van der Waals surface area (Å²) in [7, 11) is -3.52. The van der Waals surface area contributed by atoms with Crippen molar-refractivity contribution in [1.29, 1.82) is 0 Å². The quantitative estimate of drug-likeness (QED) is 0.817. The predicted molar refractivity (Wildman–Crippen MR) is 75.0 cm³/mol. The summed E-state index contributed by atoms with van der Waals surface area (Å²) in [5.74, 6) is -0.580. The molecule has 1 saturated heterocycles. The Balaban J connectivity index is 2.17. The Labute approximate surface area is 118 Å². The number of carbonyl (C=O) groups is 1. The maximum atomic E-state index is 12.5. The lowest BCUT2D eigenvalue weighted by atomic mass is 9.98. The number of hydrogen-bond acceptors (Lipinski definition) is 4. The Morgan fingerprint density at radius 2 is 1.95 bits per heavy atom. The molecule has 0 radical (unpaired) electrons. The van der Waals surface area contributed by atoms with Gasteiger partial charge in [0.05, 0.1) is 4.90 Å². The highest BCUT2D eigenvalue weighted by atomic mass is 32.2. The molecular formula is C13H19N3O3S. The van der Waals surface area contributed by atoms with Crippen molar-refractivity contribution in [2.45, 2.75) is 24.3 Å². The number of primary amides is 1. The molecular weight excluding hydrogens is 278 g/mol. The first-order valence-corrected chi connectivity index (χ1v) is 7.97. The van der Waals surface area contributed by atoms with E-state index in [1.807, 2.05) is 0 Å². The molecule has 1 aliphatic heterocycles. The Hall–Kier alpha value is -1.44. The number of sulfonamides is 1. The lowest BCUT2D eigenvalue weighted by Crippen LogP contribution is -2.41. The molecule has 1 amide bonds. The molecule has 1 heterocycles. The summed E-state index contributed by atoms with van der Waals surface area (Å²) in [6, 6.07) is 6.63. The molecule has 1 aromatic rings. The lowest BCUT2D eigenvalue weighted by molar-refractivity contribution is -0.122. The first-order chi connectivity index (χ1) is 9.45. The van der Waals surface area contributed by atoms with E-state index in [-0.39, 0.29) is 16.7 Å². The van der Waals surface area contributed by atoms with Crippen molar-refractivity contribution < 1.29 is 13.2 Å². The van der Waals surface area contributed by atoms with Crippen LogP contribution in [0, 0.1) is 5.92 Å². The van der Waals surface area contributed by atoms with Crippen LogP contribution in [-0.4, -0.2) is 31.7 Å². The van der Waals surface area contributed by atoms with Gasteiger partial charge in [0.1, 0.15) is 0 Å². The number of rotatable bonds is 4. The van der Waals surface area contributed by atoms with Crippen molar-refractivity contribution in [3.05, 3.63) is 29.8 Å². The summed E-state index contributed by atoms with van der Waals surface area (Å²) in [6.45, 7) is 0.943. The fourth-order valence-corrected chi connectivity index (χ4v) is 3.90. The highest BCUT2D eigenvalue weighted by molar-refractivity contribution is 7.89. The van der Waals surface area contributed by atoms with E-state index in [2.05, 4.69) is 0 Å². The van der Waals surface area contributed by atoms with E-state index >= 15 is 0 Å². The van der Waals surface area contributed by atoms with Gasteiger partial charge in [-0.25, -0.2) is 8.42 Å². The van der Waals surface area contributed by atoms with Crippen molar-refractivity contribution >= 4 is 15.9 Å². The molecule has 110 valence electrons. The van der Waals surface area contributed by atoms with Crippen molar-refractivity contribution in [3.8, 4) is 0 Å². The van der Waals surface area contributed by atoms with Crippen molar-refractivity contribution in [2.24, 2.45) is 17.4 Å². The highest BCUT2D eigenvalue weighted by Crippen LogP contribution is 2.24.